The normalized spacial score (nSPS) is 10.9. The van der Waals surface area contributed by atoms with Crippen LogP contribution in [0.2, 0.25) is 5.02 Å². The summed E-state index contributed by atoms with van der Waals surface area (Å²) in [6.07, 6.45) is 3.59. The van der Waals surface area contributed by atoms with Crippen LogP contribution in [-0.4, -0.2) is 25.5 Å². The Labute approximate surface area is 171 Å². The van der Waals surface area contributed by atoms with Gasteiger partial charge in [0.2, 0.25) is 0 Å². The minimum Gasteiger partial charge on any atom is -0.320 e. The number of anilines is 1. The van der Waals surface area contributed by atoms with Crippen LogP contribution in [0.5, 0.6) is 0 Å². The molecule has 8 heteroatoms. The van der Waals surface area contributed by atoms with E-state index in [4.69, 9.17) is 11.6 Å². The average molecular weight is 410 g/mol. The lowest BCUT2D eigenvalue weighted by atomic mass is 10.2. The number of rotatable bonds is 5. The molecule has 0 saturated carbocycles. The number of halogens is 2. The highest BCUT2D eigenvalue weighted by molar-refractivity contribution is 6.30. The Bertz CT molecular complexity index is 1170. The average Bonchev–Trinajstić information content (AvgIpc) is 3.33. The fourth-order valence-electron chi connectivity index (χ4n) is 3.05. The number of benzene rings is 2. The standard InChI is InChI=1S/C21H17ClFN5O/c1-14-11-16(22)7-8-18(14)24-20(29)19-21(27-9-2-3-10-27)28(26-25-19)13-15-5-4-6-17(23)12-15/h2-12H,13H2,1H3,(H,24,29). The third-order valence-corrected chi connectivity index (χ3v) is 4.67. The molecule has 1 N–H and O–H groups in total. The maximum Gasteiger partial charge on any atom is 0.280 e. The van der Waals surface area contributed by atoms with Crippen LogP contribution in [-0.2, 0) is 6.54 Å². The van der Waals surface area contributed by atoms with Crippen LogP contribution in [0, 0.1) is 12.7 Å². The molecule has 146 valence electrons. The van der Waals surface area contributed by atoms with Gasteiger partial charge in [0.1, 0.15) is 5.82 Å². The minimum absolute atomic E-state index is 0.159. The molecule has 2 aromatic carbocycles. The van der Waals surface area contributed by atoms with Crippen molar-refractivity contribution < 1.29 is 9.18 Å². The van der Waals surface area contributed by atoms with Gasteiger partial charge in [-0.15, -0.1) is 5.10 Å². The van der Waals surface area contributed by atoms with E-state index in [1.165, 1.54) is 12.1 Å². The Morgan fingerprint density at radius 2 is 1.93 bits per heavy atom. The smallest absolute Gasteiger partial charge is 0.280 e. The fourth-order valence-corrected chi connectivity index (χ4v) is 3.28. The quantitative estimate of drug-likeness (QED) is 0.529. The third-order valence-electron chi connectivity index (χ3n) is 4.43. The molecule has 0 aliphatic carbocycles. The van der Waals surface area contributed by atoms with Gasteiger partial charge in [0.25, 0.3) is 5.91 Å². The van der Waals surface area contributed by atoms with Crippen LogP contribution in [0.15, 0.2) is 67.0 Å². The summed E-state index contributed by atoms with van der Waals surface area (Å²) in [5, 5.41) is 11.7. The topological polar surface area (TPSA) is 64.7 Å². The highest BCUT2D eigenvalue weighted by Crippen LogP contribution is 2.22. The summed E-state index contributed by atoms with van der Waals surface area (Å²) in [6, 6.07) is 15.1. The first-order chi connectivity index (χ1) is 14.0. The molecular weight excluding hydrogens is 393 g/mol. The van der Waals surface area contributed by atoms with Gasteiger partial charge in [0.05, 0.1) is 6.54 Å². The van der Waals surface area contributed by atoms with E-state index in [0.29, 0.717) is 22.1 Å². The van der Waals surface area contributed by atoms with Gasteiger partial charge in [-0.2, -0.15) is 0 Å². The highest BCUT2D eigenvalue weighted by atomic mass is 35.5. The van der Waals surface area contributed by atoms with Gasteiger partial charge in [-0.05, 0) is 60.5 Å². The van der Waals surface area contributed by atoms with E-state index in [1.807, 2.05) is 19.1 Å². The van der Waals surface area contributed by atoms with Crippen LogP contribution in [0.3, 0.4) is 0 Å². The van der Waals surface area contributed by atoms with Crippen LogP contribution >= 0.6 is 11.6 Å². The molecule has 0 radical (unpaired) electrons. The Morgan fingerprint density at radius 1 is 1.14 bits per heavy atom. The zero-order valence-corrected chi connectivity index (χ0v) is 16.3. The van der Waals surface area contributed by atoms with Crippen molar-refractivity contribution in [3.05, 3.63) is 94.7 Å². The Morgan fingerprint density at radius 3 is 2.66 bits per heavy atom. The van der Waals surface area contributed by atoms with Crippen LogP contribution in [0.25, 0.3) is 5.82 Å². The largest absolute Gasteiger partial charge is 0.320 e. The van der Waals surface area contributed by atoms with Gasteiger partial charge in [-0.3, -0.25) is 4.79 Å². The first-order valence-corrected chi connectivity index (χ1v) is 9.28. The van der Waals surface area contributed by atoms with Crippen molar-refractivity contribution in [2.24, 2.45) is 0 Å². The SMILES string of the molecule is Cc1cc(Cl)ccc1NC(=O)c1nnn(Cc2cccc(F)c2)c1-n1cccc1. The molecule has 0 unspecified atom stereocenters. The lowest BCUT2D eigenvalue weighted by Crippen LogP contribution is -2.17. The first kappa shape index (κ1) is 18.9. The van der Waals surface area contributed by atoms with Gasteiger partial charge in [0.15, 0.2) is 11.5 Å². The molecular formula is C21H17ClFN5O. The van der Waals surface area contributed by atoms with Gasteiger partial charge in [-0.25, -0.2) is 9.07 Å². The van der Waals surface area contributed by atoms with Crippen LogP contribution < -0.4 is 5.32 Å². The summed E-state index contributed by atoms with van der Waals surface area (Å²) in [6.45, 7) is 2.13. The number of hydrogen-bond donors (Lipinski definition) is 1. The number of aryl methyl sites for hydroxylation is 1. The molecule has 29 heavy (non-hydrogen) atoms. The van der Waals surface area contributed by atoms with Crippen molar-refractivity contribution in [3.8, 4) is 5.82 Å². The van der Waals surface area contributed by atoms with Gasteiger partial charge in [0, 0.05) is 23.1 Å². The molecule has 2 aromatic heterocycles. The molecule has 4 aromatic rings. The zero-order chi connectivity index (χ0) is 20.4. The summed E-state index contributed by atoms with van der Waals surface area (Å²) in [5.74, 6) is -0.241. The molecule has 0 aliphatic rings. The second-order valence-corrected chi connectivity index (χ2v) is 6.99. The van der Waals surface area contributed by atoms with Crippen LogP contribution in [0.4, 0.5) is 10.1 Å². The molecule has 0 saturated heterocycles. The molecule has 2 heterocycles. The number of aromatic nitrogens is 4. The van der Waals surface area contributed by atoms with E-state index in [1.54, 1.807) is 52.0 Å². The van der Waals surface area contributed by atoms with Gasteiger partial charge >= 0.3 is 0 Å². The lowest BCUT2D eigenvalue weighted by molar-refractivity contribution is 0.102. The summed E-state index contributed by atoms with van der Waals surface area (Å²) >= 11 is 5.99. The van der Waals surface area contributed by atoms with E-state index in [-0.39, 0.29) is 18.1 Å². The molecule has 1 amide bonds. The molecule has 6 nitrogen and oxygen atoms in total. The monoisotopic (exact) mass is 409 g/mol. The van der Waals surface area contributed by atoms with E-state index >= 15 is 0 Å². The molecule has 0 bridgehead atoms. The number of hydrogen-bond acceptors (Lipinski definition) is 3. The van der Waals surface area contributed by atoms with Crippen molar-refractivity contribution >= 4 is 23.2 Å². The lowest BCUT2D eigenvalue weighted by Gasteiger charge is -2.11. The number of nitrogens with one attached hydrogen (secondary N) is 1. The van der Waals surface area contributed by atoms with Crippen molar-refractivity contribution in [2.75, 3.05) is 5.32 Å². The first-order valence-electron chi connectivity index (χ1n) is 8.90. The minimum atomic E-state index is -0.399. The van der Waals surface area contributed by atoms with Crippen molar-refractivity contribution in [1.82, 2.24) is 19.6 Å². The summed E-state index contributed by atoms with van der Waals surface area (Å²) in [4.78, 5) is 13.0. The highest BCUT2D eigenvalue weighted by Gasteiger charge is 2.22. The van der Waals surface area contributed by atoms with E-state index in [9.17, 15) is 9.18 Å². The fraction of sp³-hybridized carbons (Fsp3) is 0.0952. The van der Waals surface area contributed by atoms with Crippen molar-refractivity contribution in [3.63, 3.8) is 0 Å². The zero-order valence-electron chi connectivity index (χ0n) is 15.5. The Balaban J connectivity index is 1.70. The molecule has 4 rings (SSSR count). The van der Waals surface area contributed by atoms with Crippen molar-refractivity contribution in [1.29, 1.82) is 0 Å². The summed E-state index contributed by atoms with van der Waals surface area (Å²) < 4.78 is 16.9. The predicted molar refractivity (Wildman–Crippen MR) is 109 cm³/mol. The molecule has 0 fully saturated rings. The van der Waals surface area contributed by atoms with Gasteiger partial charge < -0.3 is 9.88 Å². The second kappa shape index (κ2) is 7.89. The number of carbonyl (C=O) groups excluding carboxylic acids is 1. The molecule has 0 aliphatic heterocycles. The predicted octanol–water partition coefficient (Wildman–Crippen LogP) is 4.47. The second-order valence-electron chi connectivity index (χ2n) is 6.55. The summed E-state index contributed by atoms with van der Waals surface area (Å²) in [7, 11) is 0. The maximum atomic E-state index is 13.6. The van der Waals surface area contributed by atoms with E-state index in [0.717, 1.165) is 5.56 Å². The Kier molecular flexibility index (Phi) is 5.14. The Hall–Kier alpha value is -3.45. The van der Waals surface area contributed by atoms with E-state index < -0.39 is 5.91 Å². The molecule has 0 atom stereocenters. The third kappa shape index (κ3) is 4.05. The number of carbonyl (C=O) groups is 1. The van der Waals surface area contributed by atoms with Crippen LogP contribution in [0.1, 0.15) is 21.6 Å². The number of amides is 1. The van der Waals surface area contributed by atoms with Crippen molar-refractivity contribution in [2.45, 2.75) is 13.5 Å². The maximum absolute atomic E-state index is 13.6. The van der Waals surface area contributed by atoms with Gasteiger partial charge in [-0.1, -0.05) is 28.9 Å². The number of nitrogens with zero attached hydrogens (tertiary/aromatic N) is 4. The molecule has 0 spiro atoms. The van der Waals surface area contributed by atoms with E-state index in [2.05, 4.69) is 15.6 Å². The summed E-state index contributed by atoms with van der Waals surface area (Å²) in [5.41, 5.74) is 2.34.